The molecule has 0 saturated carbocycles. The standard InChI is InChI=1S/C22H27N7O2/c1-5-17-22(30)27-21-14(2)26-19(8-18(21)28(17)3)23-10-16-11-25-29(13-16)12-15-6-7-20(31-4)24-9-15/h6-9,11,13,17H,5,10,12H2,1-4H3,(H,23,26)(H,27,30)/t17-/m0/s1. The largest absolute Gasteiger partial charge is 0.481 e. The maximum atomic E-state index is 12.3. The van der Waals surface area contributed by atoms with Gasteiger partial charge in [-0.05, 0) is 18.9 Å². The van der Waals surface area contributed by atoms with Gasteiger partial charge >= 0.3 is 0 Å². The Morgan fingerprint density at radius 1 is 1.26 bits per heavy atom. The van der Waals surface area contributed by atoms with Gasteiger partial charge < -0.3 is 20.3 Å². The third kappa shape index (κ3) is 4.30. The second kappa shape index (κ2) is 8.63. The molecule has 9 heteroatoms. The Balaban J connectivity index is 1.43. The fourth-order valence-corrected chi connectivity index (χ4v) is 3.78. The van der Waals surface area contributed by atoms with E-state index in [1.165, 1.54) is 0 Å². The van der Waals surface area contributed by atoms with Gasteiger partial charge in [-0.3, -0.25) is 9.48 Å². The van der Waals surface area contributed by atoms with Crippen LogP contribution in [-0.4, -0.2) is 45.9 Å². The summed E-state index contributed by atoms with van der Waals surface area (Å²) in [6.45, 7) is 5.15. The first kappa shape index (κ1) is 20.6. The van der Waals surface area contributed by atoms with E-state index in [0.29, 0.717) is 19.0 Å². The second-order valence-corrected chi connectivity index (χ2v) is 7.62. The molecule has 0 aromatic carbocycles. The van der Waals surface area contributed by atoms with Gasteiger partial charge in [0.25, 0.3) is 0 Å². The molecule has 4 rings (SSSR count). The van der Waals surface area contributed by atoms with Gasteiger partial charge in [-0.2, -0.15) is 5.10 Å². The summed E-state index contributed by atoms with van der Waals surface area (Å²) in [5.41, 5.74) is 4.64. The summed E-state index contributed by atoms with van der Waals surface area (Å²) in [7, 11) is 3.55. The molecule has 9 nitrogen and oxygen atoms in total. The van der Waals surface area contributed by atoms with Crippen LogP contribution in [0.25, 0.3) is 0 Å². The number of rotatable bonds is 7. The van der Waals surface area contributed by atoms with Crippen LogP contribution in [0.4, 0.5) is 17.2 Å². The van der Waals surface area contributed by atoms with Gasteiger partial charge in [0.1, 0.15) is 11.9 Å². The molecule has 0 spiro atoms. The van der Waals surface area contributed by atoms with Gasteiger partial charge in [0, 0.05) is 43.7 Å². The van der Waals surface area contributed by atoms with E-state index < -0.39 is 0 Å². The van der Waals surface area contributed by atoms with Crippen molar-refractivity contribution in [1.82, 2.24) is 19.7 Å². The minimum atomic E-state index is -0.173. The normalized spacial score (nSPS) is 15.4. The van der Waals surface area contributed by atoms with E-state index in [9.17, 15) is 4.79 Å². The van der Waals surface area contributed by atoms with Gasteiger partial charge in [0.15, 0.2) is 0 Å². The summed E-state index contributed by atoms with van der Waals surface area (Å²) in [5, 5.41) is 10.8. The van der Waals surface area contributed by atoms with Crippen molar-refractivity contribution < 1.29 is 9.53 Å². The van der Waals surface area contributed by atoms with Crippen molar-refractivity contribution in [2.75, 3.05) is 29.7 Å². The van der Waals surface area contributed by atoms with Crippen molar-refractivity contribution in [2.45, 2.75) is 39.4 Å². The highest BCUT2D eigenvalue weighted by molar-refractivity contribution is 6.04. The number of hydrogen-bond acceptors (Lipinski definition) is 7. The average Bonchev–Trinajstić information content (AvgIpc) is 3.21. The lowest BCUT2D eigenvalue weighted by Gasteiger charge is -2.35. The molecule has 3 aromatic rings. The van der Waals surface area contributed by atoms with Crippen LogP contribution in [0.3, 0.4) is 0 Å². The maximum Gasteiger partial charge on any atom is 0.247 e. The number of hydrogen-bond donors (Lipinski definition) is 2. The van der Waals surface area contributed by atoms with Crippen molar-refractivity contribution in [2.24, 2.45) is 0 Å². The third-order valence-electron chi connectivity index (χ3n) is 5.48. The SMILES string of the molecule is CC[C@H]1C(=O)Nc2c(cc(NCc3cnn(Cc4ccc(OC)nc4)c3)nc2C)N1C. The second-order valence-electron chi connectivity index (χ2n) is 7.62. The number of pyridine rings is 2. The van der Waals surface area contributed by atoms with Crippen molar-refractivity contribution in [3.63, 3.8) is 0 Å². The average molecular weight is 422 g/mol. The summed E-state index contributed by atoms with van der Waals surface area (Å²) >= 11 is 0. The summed E-state index contributed by atoms with van der Waals surface area (Å²) in [6, 6.07) is 5.63. The van der Waals surface area contributed by atoms with Gasteiger partial charge in [-0.15, -0.1) is 0 Å². The van der Waals surface area contributed by atoms with Crippen LogP contribution in [0, 0.1) is 6.92 Å². The fraction of sp³-hybridized carbons (Fsp3) is 0.364. The van der Waals surface area contributed by atoms with E-state index in [4.69, 9.17) is 4.74 Å². The van der Waals surface area contributed by atoms with Gasteiger partial charge in [0.05, 0.1) is 36.9 Å². The van der Waals surface area contributed by atoms with Gasteiger partial charge in [-0.1, -0.05) is 13.0 Å². The van der Waals surface area contributed by atoms with Crippen molar-refractivity contribution in [3.8, 4) is 5.88 Å². The van der Waals surface area contributed by atoms with Gasteiger partial charge in [0.2, 0.25) is 11.8 Å². The number of ether oxygens (including phenoxy) is 1. The Morgan fingerprint density at radius 2 is 2.10 bits per heavy atom. The Morgan fingerprint density at radius 3 is 2.81 bits per heavy atom. The van der Waals surface area contributed by atoms with E-state index in [-0.39, 0.29) is 11.9 Å². The van der Waals surface area contributed by atoms with Crippen molar-refractivity contribution in [1.29, 1.82) is 0 Å². The molecule has 0 bridgehead atoms. The lowest BCUT2D eigenvalue weighted by atomic mass is 10.1. The molecule has 4 heterocycles. The number of aromatic nitrogens is 4. The zero-order valence-electron chi connectivity index (χ0n) is 18.2. The smallest absolute Gasteiger partial charge is 0.247 e. The third-order valence-corrected chi connectivity index (χ3v) is 5.48. The molecule has 31 heavy (non-hydrogen) atoms. The van der Waals surface area contributed by atoms with Crippen LogP contribution < -0.4 is 20.3 Å². The first-order chi connectivity index (χ1) is 15.0. The predicted octanol–water partition coefficient (Wildman–Crippen LogP) is 2.82. The van der Waals surface area contributed by atoms with Crippen LogP contribution >= 0.6 is 0 Å². The molecule has 1 amide bonds. The quantitative estimate of drug-likeness (QED) is 0.605. The molecule has 0 unspecified atom stereocenters. The molecule has 0 radical (unpaired) electrons. The van der Waals surface area contributed by atoms with E-state index in [1.54, 1.807) is 13.3 Å². The molecule has 1 aliphatic rings. The number of anilines is 3. The number of fused-ring (bicyclic) bond motifs is 1. The van der Waals surface area contributed by atoms with Crippen molar-refractivity contribution in [3.05, 3.63) is 53.6 Å². The minimum Gasteiger partial charge on any atom is -0.481 e. The summed E-state index contributed by atoms with van der Waals surface area (Å²) in [6.07, 6.45) is 6.38. The number of likely N-dealkylation sites (N-methyl/N-ethyl adjacent to an activating group) is 1. The first-order valence-electron chi connectivity index (χ1n) is 10.3. The Hall–Kier alpha value is -3.62. The van der Waals surface area contributed by atoms with E-state index in [2.05, 4.69) is 25.7 Å². The van der Waals surface area contributed by atoms with Crippen LogP contribution in [0.1, 0.15) is 30.2 Å². The maximum absolute atomic E-state index is 12.3. The zero-order chi connectivity index (χ0) is 22.0. The topological polar surface area (TPSA) is 97.2 Å². The van der Waals surface area contributed by atoms with E-state index in [0.717, 1.165) is 40.4 Å². The highest BCUT2D eigenvalue weighted by Gasteiger charge is 2.30. The van der Waals surface area contributed by atoms with Crippen LogP contribution in [0.15, 0.2) is 36.8 Å². The Bertz CT molecular complexity index is 1080. The number of amides is 1. The van der Waals surface area contributed by atoms with Crippen molar-refractivity contribution >= 4 is 23.1 Å². The summed E-state index contributed by atoms with van der Waals surface area (Å²) in [5.74, 6) is 1.38. The molecular formula is C22H27N7O2. The molecule has 1 atom stereocenters. The first-order valence-corrected chi connectivity index (χ1v) is 10.3. The lowest BCUT2D eigenvalue weighted by molar-refractivity contribution is -0.117. The van der Waals surface area contributed by atoms with Crippen LogP contribution in [0.2, 0.25) is 0 Å². The van der Waals surface area contributed by atoms with Crippen LogP contribution in [-0.2, 0) is 17.9 Å². The van der Waals surface area contributed by atoms with Crippen LogP contribution in [0.5, 0.6) is 5.88 Å². The lowest BCUT2D eigenvalue weighted by Crippen LogP contribution is -2.45. The number of carbonyl (C=O) groups is 1. The van der Waals surface area contributed by atoms with E-state index in [1.807, 2.05) is 61.1 Å². The summed E-state index contributed by atoms with van der Waals surface area (Å²) in [4.78, 5) is 23.2. The number of methoxy groups -OCH3 is 1. The molecule has 1 aliphatic heterocycles. The molecule has 162 valence electrons. The van der Waals surface area contributed by atoms with E-state index >= 15 is 0 Å². The molecule has 0 saturated heterocycles. The number of carbonyl (C=O) groups excluding carboxylic acids is 1. The number of aryl methyl sites for hydroxylation is 1. The highest BCUT2D eigenvalue weighted by atomic mass is 16.5. The predicted molar refractivity (Wildman–Crippen MR) is 120 cm³/mol. The Labute approximate surface area is 181 Å². The monoisotopic (exact) mass is 421 g/mol. The summed E-state index contributed by atoms with van der Waals surface area (Å²) < 4.78 is 6.97. The molecular weight excluding hydrogens is 394 g/mol. The molecule has 3 aromatic heterocycles. The number of nitrogens with zero attached hydrogens (tertiary/aromatic N) is 5. The Kier molecular flexibility index (Phi) is 5.75. The number of nitrogens with one attached hydrogen (secondary N) is 2. The molecule has 0 fully saturated rings. The van der Waals surface area contributed by atoms with Gasteiger partial charge in [-0.25, -0.2) is 9.97 Å². The minimum absolute atomic E-state index is 0.0163. The zero-order valence-corrected chi connectivity index (χ0v) is 18.2. The molecule has 0 aliphatic carbocycles. The highest BCUT2D eigenvalue weighted by Crippen LogP contribution is 2.35. The fourth-order valence-electron chi connectivity index (χ4n) is 3.78. The molecule has 2 N–H and O–H groups in total.